The van der Waals surface area contributed by atoms with E-state index in [2.05, 4.69) is 74.0 Å². The van der Waals surface area contributed by atoms with Crippen LogP contribution in [0.5, 0.6) is 0 Å². The molecule has 1 atom stereocenters. The number of benzene rings is 2. The maximum atomic E-state index is 10.8. The molecule has 0 spiro atoms. The smallest absolute Gasteiger partial charge is 0.308 e. The fraction of sp³-hybridized carbons (Fsp3) is 0.458. The van der Waals surface area contributed by atoms with Gasteiger partial charge in [-0.2, -0.15) is 0 Å². The van der Waals surface area contributed by atoms with Crippen molar-refractivity contribution in [3.05, 3.63) is 60.7 Å². The highest BCUT2D eigenvalue weighted by molar-refractivity contribution is 5.71. The van der Waals surface area contributed by atoms with Crippen molar-refractivity contribution in [1.29, 1.82) is 0 Å². The molecule has 0 aliphatic rings. The van der Waals surface area contributed by atoms with Crippen LogP contribution in [0, 0.1) is 11.8 Å². The zero-order valence-electron chi connectivity index (χ0n) is 17.5. The number of esters is 1. The van der Waals surface area contributed by atoms with E-state index in [1.807, 2.05) is 19.1 Å². The van der Waals surface area contributed by atoms with Gasteiger partial charge in [-0.1, -0.05) is 102 Å². The number of rotatable bonds is 6. The summed E-state index contributed by atoms with van der Waals surface area (Å²) in [5.74, 6) is 0.609. The Hall–Kier alpha value is -2.13. The second kappa shape index (κ2) is 16.1. The number of aliphatic hydroxyl groups is 1. The van der Waals surface area contributed by atoms with E-state index < -0.39 is 0 Å². The third-order valence-corrected chi connectivity index (χ3v) is 4.05. The van der Waals surface area contributed by atoms with Gasteiger partial charge in [0.1, 0.15) is 6.61 Å². The van der Waals surface area contributed by atoms with Gasteiger partial charge in [0.25, 0.3) is 0 Å². The van der Waals surface area contributed by atoms with Crippen LogP contribution in [-0.4, -0.2) is 24.3 Å². The molecular formula is C24H36O3. The van der Waals surface area contributed by atoms with Crippen LogP contribution in [0.3, 0.4) is 0 Å². The molecule has 1 unspecified atom stereocenters. The van der Waals surface area contributed by atoms with Crippen LogP contribution in [0.2, 0.25) is 0 Å². The van der Waals surface area contributed by atoms with E-state index in [4.69, 9.17) is 5.11 Å². The molecule has 0 aliphatic carbocycles. The van der Waals surface area contributed by atoms with E-state index in [9.17, 15) is 4.79 Å². The summed E-state index contributed by atoms with van der Waals surface area (Å²) in [6.07, 6.45) is 2.09. The van der Waals surface area contributed by atoms with Crippen LogP contribution in [-0.2, 0) is 9.53 Å². The van der Waals surface area contributed by atoms with Crippen molar-refractivity contribution in [3.63, 3.8) is 0 Å². The van der Waals surface area contributed by atoms with E-state index in [1.165, 1.54) is 17.5 Å². The third kappa shape index (κ3) is 12.8. The molecule has 27 heavy (non-hydrogen) atoms. The van der Waals surface area contributed by atoms with Crippen molar-refractivity contribution in [2.75, 3.05) is 13.2 Å². The van der Waals surface area contributed by atoms with Crippen molar-refractivity contribution in [2.45, 2.75) is 47.5 Å². The van der Waals surface area contributed by atoms with Crippen molar-refractivity contribution < 1.29 is 14.6 Å². The van der Waals surface area contributed by atoms with E-state index in [0.29, 0.717) is 0 Å². The lowest BCUT2D eigenvalue weighted by atomic mass is 10.1. The van der Waals surface area contributed by atoms with Crippen LogP contribution < -0.4 is 0 Å². The summed E-state index contributed by atoms with van der Waals surface area (Å²) in [5, 5.41) is 8.29. The minimum absolute atomic E-state index is 0.0495. The van der Waals surface area contributed by atoms with Gasteiger partial charge in [0, 0.05) is 0 Å². The highest BCUT2D eigenvalue weighted by atomic mass is 16.5. The standard InChI is InChI=1S/C12H10.C7H14O3.C5H12/c1-3-7-11(8-4-1)12-9-5-2-6-10-12;1-3-6(2)7(9)10-5-4-8;1-4-5(2)3/h1-10H;6,8H,3-5H2,1-2H3;5H,4H2,1-3H3. The molecule has 0 heterocycles. The molecule has 0 saturated carbocycles. The van der Waals surface area contributed by atoms with Gasteiger partial charge in [-0.25, -0.2) is 0 Å². The minimum atomic E-state index is -0.225. The summed E-state index contributed by atoms with van der Waals surface area (Å²) in [7, 11) is 0. The average Bonchev–Trinajstić information content (AvgIpc) is 2.73. The number of aliphatic hydroxyl groups excluding tert-OH is 1. The second-order valence-corrected chi connectivity index (χ2v) is 6.73. The Labute approximate surface area is 165 Å². The van der Waals surface area contributed by atoms with E-state index >= 15 is 0 Å². The third-order valence-electron chi connectivity index (χ3n) is 4.05. The van der Waals surface area contributed by atoms with Crippen LogP contribution >= 0.6 is 0 Å². The number of hydrogen-bond donors (Lipinski definition) is 1. The molecule has 1 N–H and O–H groups in total. The maximum absolute atomic E-state index is 10.8. The summed E-state index contributed by atoms with van der Waals surface area (Å²) in [4.78, 5) is 10.8. The molecule has 2 aromatic rings. The highest BCUT2D eigenvalue weighted by Gasteiger charge is 2.10. The lowest BCUT2D eigenvalue weighted by Crippen LogP contribution is -2.15. The number of ether oxygens (including phenoxy) is 1. The zero-order valence-corrected chi connectivity index (χ0v) is 17.5. The summed E-state index contributed by atoms with van der Waals surface area (Å²) >= 11 is 0. The topological polar surface area (TPSA) is 46.5 Å². The lowest BCUT2D eigenvalue weighted by molar-refractivity contribution is -0.149. The SMILES string of the molecule is CCC(C)C.CCC(C)C(=O)OCCO.c1ccc(-c2ccccc2)cc1. The van der Waals surface area contributed by atoms with Crippen molar-refractivity contribution in [3.8, 4) is 11.1 Å². The fourth-order valence-corrected chi connectivity index (χ4v) is 1.72. The molecule has 0 bridgehead atoms. The predicted octanol–water partition coefficient (Wildman–Crippen LogP) is 5.97. The van der Waals surface area contributed by atoms with Crippen LogP contribution in [0.1, 0.15) is 47.5 Å². The Kier molecular flexibility index (Phi) is 14.8. The molecule has 2 aromatic carbocycles. The van der Waals surface area contributed by atoms with Gasteiger partial charge in [0.2, 0.25) is 0 Å². The van der Waals surface area contributed by atoms with Crippen molar-refractivity contribution in [2.24, 2.45) is 11.8 Å². The van der Waals surface area contributed by atoms with Crippen LogP contribution in [0.4, 0.5) is 0 Å². The molecule has 0 saturated heterocycles. The first-order valence-electron chi connectivity index (χ1n) is 9.84. The maximum Gasteiger partial charge on any atom is 0.308 e. The molecule has 3 nitrogen and oxygen atoms in total. The number of carbonyl (C=O) groups is 1. The fourth-order valence-electron chi connectivity index (χ4n) is 1.72. The summed E-state index contributed by atoms with van der Waals surface area (Å²) in [6.45, 7) is 10.4. The number of hydrogen-bond acceptors (Lipinski definition) is 3. The van der Waals surface area contributed by atoms with Gasteiger partial charge in [-0.05, 0) is 23.5 Å². The molecule has 0 aliphatic heterocycles. The summed E-state index contributed by atoms with van der Waals surface area (Å²) in [6, 6.07) is 20.8. The summed E-state index contributed by atoms with van der Waals surface area (Å²) < 4.78 is 4.65. The van der Waals surface area contributed by atoms with E-state index in [-0.39, 0.29) is 25.1 Å². The first-order valence-corrected chi connectivity index (χ1v) is 9.84. The molecule has 150 valence electrons. The Morgan fingerprint density at radius 1 is 0.852 bits per heavy atom. The largest absolute Gasteiger partial charge is 0.463 e. The predicted molar refractivity (Wildman–Crippen MR) is 115 cm³/mol. The second-order valence-electron chi connectivity index (χ2n) is 6.73. The van der Waals surface area contributed by atoms with Crippen molar-refractivity contribution in [1.82, 2.24) is 0 Å². The van der Waals surface area contributed by atoms with Gasteiger partial charge >= 0.3 is 5.97 Å². The quantitative estimate of drug-likeness (QED) is 0.635. The van der Waals surface area contributed by atoms with Crippen molar-refractivity contribution >= 4 is 5.97 Å². The highest BCUT2D eigenvalue weighted by Crippen LogP contribution is 2.17. The van der Waals surface area contributed by atoms with Gasteiger partial charge in [-0.15, -0.1) is 0 Å². The molecule has 0 radical (unpaired) electrons. The monoisotopic (exact) mass is 372 g/mol. The minimum Gasteiger partial charge on any atom is -0.463 e. The lowest BCUT2D eigenvalue weighted by Gasteiger charge is -2.06. The molecule has 0 fully saturated rings. The Morgan fingerprint density at radius 2 is 1.26 bits per heavy atom. The molecule has 0 aromatic heterocycles. The van der Waals surface area contributed by atoms with E-state index in [1.54, 1.807) is 6.92 Å². The molecule has 2 rings (SSSR count). The van der Waals surface area contributed by atoms with Crippen LogP contribution in [0.15, 0.2) is 60.7 Å². The zero-order chi connectivity index (χ0) is 20.5. The van der Waals surface area contributed by atoms with Gasteiger partial charge in [-0.3, -0.25) is 4.79 Å². The average molecular weight is 373 g/mol. The molecule has 0 amide bonds. The molecule has 3 heteroatoms. The normalized spacial score (nSPS) is 10.8. The van der Waals surface area contributed by atoms with Gasteiger partial charge < -0.3 is 9.84 Å². The number of carbonyl (C=O) groups excluding carboxylic acids is 1. The Morgan fingerprint density at radius 3 is 1.56 bits per heavy atom. The first-order chi connectivity index (χ1) is 13.0. The Balaban J connectivity index is 0.000000410. The van der Waals surface area contributed by atoms with Gasteiger partial charge in [0.05, 0.1) is 12.5 Å². The van der Waals surface area contributed by atoms with E-state index in [0.717, 1.165) is 12.3 Å². The van der Waals surface area contributed by atoms with Gasteiger partial charge in [0.15, 0.2) is 0 Å². The first kappa shape index (κ1) is 24.9. The summed E-state index contributed by atoms with van der Waals surface area (Å²) in [5.41, 5.74) is 2.55. The molecular weight excluding hydrogens is 336 g/mol. The van der Waals surface area contributed by atoms with Crippen LogP contribution in [0.25, 0.3) is 11.1 Å². The Bertz CT molecular complexity index is 542.